The molecule has 0 unspecified atom stereocenters. The molecule has 1 aliphatic rings. The monoisotopic (exact) mass is 414 g/mol. The van der Waals surface area contributed by atoms with Crippen LogP contribution in [0.3, 0.4) is 0 Å². The van der Waals surface area contributed by atoms with Gasteiger partial charge in [-0.05, 0) is 37.1 Å². The number of nitrogens with two attached hydrogens (primary N) is 1. The van der Waals surface area contributed by atoms with Gasteiger partial charge in [-0.2, -0.15) is 0 Å². The third-order valence-electron chi connectivity index (χ3n) is 5.50. The van der Waals surface area contributed by atoms with E-state index in [1.165, 1.54) is 18.5 Å². The molecular weight excluding hydrogens is 388 g/mol. The summed E-state index contributed by atoms with van der Waals surface area (Å²) in [5.41, 5.74) is 10.5. The maximum Gasteiger partial charge on any atom is 0.209 e. The Bertz CT molecular complexity index is 1160. The van der Waals surface area contributed by atoms with Crippen LogP contribution in [-0.2, 0) is 0 Å². The van der Waals surface area contributed by atoms with Crippen molar-refractivity contribution in [2.75, 3.05) is 47.4 Å². The van der Waals surface area contributed by atoms with Crippen LogP contribution in [0.2, 0.25) is 0 Å². The molecule has 1 fully saturated rings. The van der Waals surface area contributed by atoms with Crippen LogP contribution in [0.4, 0.5) is 23.1 Å². The fourth-order valence-electron chi connectivity index (χ4n) is 3.91. The summed E-state index contributed by atoms with van der Waals surface area (Å²) in [6, 6.07) is 14.4. The fourth-order valence-corrected chi connectivity index (χ4v) is 3.91. The van der Waals surface area contributed by atoms with Crippen LogP contribution >= 0.6 is 0 Å². The highest BCUT2D eigenvalue weighted by molar-refractivity contribution is 5.70. The zero-order chi connectivity index (χ0) is 21.0. The van der Waals surface area contributed by atoms with Crippen LogP contribution in [0.25, 0.3) is 16.9 Å². The first-order valence-corrected chi connectivity index (χ1v) is 10.6. The third kappa shape index (κ3) is 4.23. The summed E-state index contributed by atoms with van der Waals surface area (Å²) >= 11 is 0. The van der Waals surface area contributed by atoms with E-state index < -0.39 is 0 Å². The number of anilines is 4. The summed E-state index contributed by atoms with van der Waals surface area (Å²) in [4.78, 5) is 16.1. The number of hydrogen-bond donors (Lipinski definition) is 3. The van der Waals surface area contributed by atoms with Crippen molar-refractivity contribution in [1.82, 2.24) is 19.4 Å². The van der Waals surface area contributed by atoms with Gasteiger partial charge in [0.05, 0.1) is 17.6 Å². The highest BCUT2D eigenvalue weighted by Gasteiger charge is 2.14. The molecule has 1 aromatic carbocycles. The molecule has 3 aromatic heterocycles. The number of hydrogen-bond acceptors (Lipinski definition) is 7. The van der Waals surface area contributed by atoms with E-state index in [9.17, 15) is 0 Å². The van der Waals surface area contributed by atoms with E-state index in [1.807, 2.05) is 28.8 Å². The second-order valence-electron chi connectivity index (χ2n) is 7.70. The Hall–Kier alpha value is -3.81. The molecule has 1 saturated heterocycles. The molecule has 4 heterocycles. The lowest BCUT2D eigenvalue weighted by Crippen LogP contribution is -2.17. The van der Waals surface area contributed by atoms with E-state index in [2.05, 4.69) is 49.8 Å². The number of nitrogens with one attached hydrogen (secondary N) is 2. The van der Waals surface area contributed by atoms with E-state index in [-0.39, 0.29) is 0 Å². The Morgan fingerprint density at radius 3 is 2.68 bits per heavy atom. The highest BCUT2D eigenvalue weighted by atomic mass is 15.2. The number of benzene rings is 1. The molecule has 0 aliphatic carbocycles. The first kappa shape index (κ1) is 19.2. The quantitative estimate of drug-likeness (QED) is 0.398. The normalized spacial score (nSPS) is 13.6. The summed E-state index contributed by atoms with van der Waals surface area (Å²) < 4.78 is 1.97. The van der Waals surface area contributed by atoms with Crippen molar-refractivity contribution in [3.05, 3.63) is 61.1 Å². The molecule has 0 atom stereocenters. The van der Waals surface area contributed by atoms with Crippen LogP contribution < -0.4 is 21.3 Å². The Morgan fingerprint density at radius 2 is 1.84 bits per heavy atom. The van der Waals surface area contributed by atoms with Crippen LogP contribution in [0.5, 0.6) is 0 Å². The molecule has 5 rings (SSSR count). The summed E-state index contributed by atoms with van der Waals surface area (Å²) in [6.45, 7) is 3.63. The van der Waals surface area contributed by atoms with Gasteiger partial charge in [-0.3, -0.25) is 4.40 Å². The van der Waals surface area contributed by atoms with E-state index in [0.717, 1.165) is 41.8 Å². The standard InChI is InChI=1S/C23H26N8/c24-18-6-7-21(28-16-18)25-8-9-27-23-29-20(15-22-26-10-13-31(22)23)17-4-3-5-19(14-17)30-11-1-2-12-30/h3-7,10,13-16H,1-2,8-9,11-12,24H2,(H,25,28)(H,27,29). The molecule has 0 radical (unpaired) electrons. The Kier molecular flexibility index (Phi) is 5.26. The summed E-state index contributed by atoms with van der Waals surface area (Å²) in [5.74, 6) is 1.56. The average molecular weight is 415 g/mol. The zero-order valence-electron chi connectivity index (χ0n) is 17.3. The van der Waals surface area contributed by atoms with Crippen molar-refractivity contribution < 1.29 is 0 Å². The molecule has 31 heavy (non-hydrogen) atoms. The van der Waals surface area contributed by atoms with Crippen molar-refractivity contribution in [2.24, 2.45) is 0 Å². The number of aromatic nitrogens is 4. The predicted molar refractivity (Wildman–Crippen MR) is 125 cm³/mol. The molecule has 4 aromatic rings. The molecular formula is C23H26N8. The zero-order valence-corrected chi connectivity index (χ0v) is 17.3. The molecule has 0 saturated carbocycles. The van der Waals surface area contributed by atoms with E-state index in [1.54, 1.807) is 12.4 Å². The molecule has 8 nitrogen and oxygen atoms in total. The molecule has 1 aliphatic heterocycles. The maximum absolute atomic E-state index is 5.68. The molecule has 4 N–H and O–H groups in total. The lowest BCUT2D eigenvalue weighted by atomic mass is 10.1. The smallest absolute Gasteiger partial charge is 0.209 e. The number of rotatable bonds is 7. The maximum atomic E-state index is 5.68. The fraction of sp³-hybridized carbons (Fsp3) is 0.261. The first-order chi connectivity index (χ1) is 15.3. The number of pyridine rings is 1. The van der Waals surface area contributed by atoms with E-state index in [4.69, 9.17) is 10.7 Å². The molecule has 0 amide bonds. The van der Waals surface area contributed by atoms with Crippen LogP contribution in [-0.4, -0.2) is 45.5 Å². The number of nitrogens with zero attached hydrogens (tertiary/aromatic N) is 5. The van der Waals surface area contributed by atoms with Gasteiger partial charge < -0.3 is 21.3 Å². The molecule has 158 valence electrons. The van der Waals surface area contributed by atoms with Gasteiger partial charge in [0.1, 0.15) is 11.5 Å². The van der Waals surface area contributed by atoms with Crippen LogP contribution in [0.1, 0.15) is 12.8 Å². The Morgan fingerprint density at radius 1 is 0.968 bits per heavy atom. The SMILES string of the molecule is Nc1ccc(NCCNc2nc(-c3cccc(N4CCCC4)c3)cc3nccn23)nc1. The van der Waals surface area contributed by atoms with Gasteiger partial charge in [0.25, 0.3) is 0 Å². The summed E-state index contributed by atoms with van der Waals surface area (Å²) in [5, 5.41) is 6.70. The minimum Gasteiger partial charge on any atom is -0.397 e. The van der Waals surface area contributed by atoms with Gasteiger partial charge in [0.15, 0.2) is 0 Å². The number of nitrogen functional groups attached to an aromatic ring is 1. The van der Waals surface area contributed by atoms with Gasteiger partial charge in [0.2, 0.25) is 5.95 Å². The summed E-state index contributed by atoms with van der Waals surface area (Å²) in [6.07, 6.45) is 7.88. The van der Waals surface area contributed by atoms with Gasteiger partial charge in [0, 0.05) is 55.9 Å². The number of fused-ring (bicyclic) bond motifs is 1. The topological polar surface area (TPSA) is 96.4 Å². The Labute approximate surface area is 181 Å². The minimum atomic E-state index is 0.654. The van der Waals surface area contributed by atoms with Crippen molar-refractivity contribution in [1.29, 1.82) is 0 Å². The van der Waals surface area contributed by atoms with Gasteiger partial charge >= 0.3 is 0 Å². The number of imidazole rings is 1. The highest BCUT2D eigenvalue weighted by Crippen LogP contribution is 2.27. The van der Waals surface area contributed by atoms with Crippen LogP contribution in [0, 0.1) is 0 Å². The van der Waals surface area contributed by atoms with Crippen molar-refractivity contribution in [2.45, 2.75) is 12.8 Å². The third-order valence-corrected chi connectivity index (χ3v) is 5.50. The molecule has 8 heteroatoms. The first-order valence-electron chi connectivity index (χ1n) is 10.6. The largest absolute Gasteiger partial charge is 0.397 e. The van der Waals surface area contributed by atoms with E-state index in [0.29, 0.717) is 18.8 Å². The lowest BCUT2D eigenvalue weighted by molar-refractivity contribution is 0.949. The van der Waals surface area contributed by atoms with Crippen molar-refractivity contribution in [3.8, 4) is 11.3 Å². The van der Waals surface area contributed by atoms with Crippen molar-refractivity contribution in [3.63, 3.8) is 0 Å². The average Bonchev–Trinajstić information content (AvgIpc) is 3.50. The summed E-state index contributed by atoms with van der Waals surface area (Å²) in [7, 11) is 0. The lowest BCUT2D eigenvalue weighted by Gasteiger charge is -2.18. The minimum absolute atomic E-state index is 0.654. The molecule has 0 spiro atoms. The second-order valence-corrected chi connectivity index (χ2v) is 7.70. The van der Waals surface area contributed by atoms with Gasteiger partial charge in [-0.1, -0.05) is 12.1 Å². The Balaban J connectivity index is 1.34. The van der Waals surface area contributed by atoms with Gasteiger partial charge in [-0.25, -0.2) is 15.0 Å². The predicted octanol–water partition coefficient (Wildman–Crippen LogP) is 3.50. The molecule has 0 bridgehead atoms. The van der Waals surface area contributed by atoms with Gasteiger partial charge in [-0.15, -0.1) is 0 Å². The second kappa shape index (κ2) is 8.51. The van der Waals surface area contributed by atoms with Crippen molar-refractivity contribution >= 4 is 28.8 Å². The van der Waals surface area contributed by atoms with E-state index >= 15 is 0 Å². The van der Waals surface area contributed by atoms with Crippen LogP contribution in [0.15, 0.2) is 61.1 Å².